The minimum absolute atomic E-state index is 0.322. The highest BCUT2D eigenvalue weighted by Gasteiger charge is 2.23. The van der Waals surface area contributed by atoms with E-state index in [1.165, 1.54) is 12.1 Å². The fourth-order valence-electron chi connectivity index (χ4n) is 4.37. The maximum absolute atomic E-state index is 13.6. The zero-order valence-corrected chi connectivity index (χ0v) is 21.4. The van der Waals surface area contributed by atoms with Gasteiger partial charge in [0.1, 0.15) is 22.8 Å². The van der Waals surface area contributed by atoms with Crippen molar-refractivity contribution in [3.8, 4) is 34.1 Å². The molecule has 1 aliphatic rings. The van der Waals surface area contributed by atoms with Gasteiger partial charge in [-0.05, 0) is 42.0 Å². The molecule has 10 nitrogen and oxygen atoms in total. The number of methoxy groups -OCH3 is 2. The Morgan fingerprint density at radius 2 is 1.87 bits per heavy atom. The Morgan fingerprint density at radius 3 is 2.59 bits per heavy atom. The number of ether oxygens (including phenoxy) is 3. The van der Waals surface area contributed by atoms with Crippen LogP contribution in [0.3, 0.4) is 0 Å². The van der Waals surface area contributed by atoms with Gasteiger partial charge in [-0.3, -0.25) is 5.32 Å². The van der Waals surface area contributed by atoms with E-state index >= 15 is 0 Å². The Balaban J connectivity index is 1.34. The zero-order chi connectivity index (χ0) is 26.8. The van der Waals surface area contributed by atoms with Crippen LogP contribution in [0, 0.1) is 5.82 Å². The average Bonchev–Trinajstić information content (AvgIpc) is 3.67. The Bertz CT molecular complexity index is 1600. The maximum Gasteiger partial charge on any atom is 0.206 e. The van der Waals surface area contributed by atoms with Crippen LogP contribution in [-0.2, 0) is 11.3 Å². The van der Waals surface area contributed by atoms with Crippen molar-refractivity contribution in [1.82, 2.24) is 30.0 Å². The second-order valence-corrected chi connectivity index (χ2v) is 8.89. The highest BCUT2D eigenvalue weighted by Crippen LogP contribution is 2.33. The molecule has 2 N–H and O–H groups in total. The van der Waals surface area contributed by atoms with Gasteiger partial charge < -0.3 is 19.5 Å². The lowest BCUT2D eigenvalue weighted by Crippen LogP contribution is -2.21. The summed E-state index contributed by atoms with van der Waals surface area (Å²) < 4.78 is 31.9. The molecule has 1 aliphatic heterocycles. The molecule has 5 aromatic rings. The van der Waals surface area contributed by atoms with E-state index in [4.69, 9.17) is 29.3 Å². The van der Waals surface area contributed by atoms with E-state index < -0.39 is 6.35 Å². The van der Waals surface area contributed by atoms with Crippen LogP contribution in [-0.4, -0.2) is 52.1 Å². The Labute approximate surface area is 223 Å². The van der Waals surface area contributed by atoms with Crippen molar-refractivity contribution >= 4 is 16.9 Å². The smallest absolute Gasteiger partial charge is 0.206 e. The zero-order valence-electron chi connectivity index (χ0n) is 21.4. The lowest BCUT2D eigenvalue weighted by Gasteiger charge is -2.12. The summed E-state index contributed by atoms with van der Waals surface area (Å²) in [6.07, 6.45) is 3.10. The third-order valence-corrected chi connectivity index (χ3v) is 6.40. The fraction of sp³-hybridized carbons (Fsp3) is 0.214. The number of nitrogens with zero attached hydrogens (tertiary/aromatic N) is 5. The standard InChI is InChI=1S/C28H26FN7O3/c1-37-20-9-3-17(4-10-20)14-31-27-24(38-2)13-22-23(34-27)15-32-26(33-22)21-16-36(28-30-11-12-39-28)35-25(21)18-5-7-19(29)8-6-18/h3-10,13,15-16,28,30H,11-12,14H2,1-2H3,(H,31,34). The quantitative estimate of drug-likeness (QED) is 0.304. The number of hydrogen-bond donors (Lipinski definition) is 2. The van der Waals surface area contributed by atoms with Crippen LogP contribution < -0.4 is 20.1 Å². The summed E-state index contributed by atoms with van der Waals surface area (Å²) in [6.45, 7) is 1.85. The van der Waals surface area contributed by atoms with Crippen molar-refractivity contribution < 1.29 is 18.6 Å². The van der Waals surface area contributed by atoms with Gasteiger partial charge in [0.15, 0.2) is 17.4 Å². The minimum Gasteiger partial charge on any atom is -0.497 e. The van der Waals surface area contributed by atoms with E-state index in [9.17, 15) is 4.39 Å². The van der Waals surface area contributed by atoms with Gasteiger partial charge in [-0.1, -0.05) is 12.1 Å². The molecule has 0 radical (unpaired) electrons. The first-order valence-electron chi connectivity index (χ1n) is 12.4. The van der Waals surface area contributed by atoms with Gasteiger partial charge in [0.05, 0.1) is 38.1 Å². The highest BCUT2D eigenvalue weighted by molar-refractivity contribution is 5.83. The molecule has 39 heavy (non-hydrogen) atoms. The van der Waals surface area contributed by atoms with E-state index in [-0.39, 0.29) is 5.82 Å². The van der Waals surface area contributed by atoms with Gasteiger partial charge in [0, 0.05) is 30.9 Å². The minimum atomic E-state index is -0.403. The van der Waals surface area contributed by atoms with Crippen LogP contribution in [0.15, 0.2) is 67.0 Å². The first kappa shape index (κ1) is 24.7. The molecular formula is C28H26FN7O3. The predicted octanol–water partition coefficient (Wildman–Crippen LogP) is 4.40. The second kappa shape index (κ2) is 10.6. The summed E-state index contributed by atoms with van der Waals surface area (Å²) in [5, 5.41) is 11.3. The Morgan fingerprint density at radius 1 is 1.05 bits per heavy atom. The molecular weight excluding hydrogens is 501 g/mol. The van der Waals surface area contributed by atoms with Gasteiger partial charge in [-0.2, -0.15) is 5.10 Å². The predicted molar refractivity (Wildman–Crippen MR) is 144 cm³/mol. The summed E-state index contributed by atoms with van der Waals surface area (Å²) in [5.41, 5.74) is 4.32. The lowest BCUT2D eigenvalue weighted by atomic mass is 10.1. The molecule has 198 valence electrons. The fourth-order valence-corrected chi connectivity index (χ4v) is 4.37. The van der Waals surface area contributed by atoms with E-state index in [0.717, 1.165) is 23.4 Å². The average molecular weight is 528 g/mol. The normalized spacial score (nSPS) is 15.0. The van der Waals surface area contributed by atoms with E-state index in [0.29, 0.717) is 52.8 Å². The largest absolute Gasteiger partial charge is 0.497 e. The molecule has 1 unspecified atom stereocenters. The second-order valence-electron chi connectivity index (χ2n) is 8.89. The van der Waals surface area contributed by atoms with Crippen LogP contribution in [0.5, 0.6) is 11.5 Å². The van der Waals surface area contributed by atoms with Gasteiger partial charge >= 0.3 is 0 Å². The monoisotopic (exact) mass is 527 g/mol. The molecule has 6 rings (SSSR count). The van der Waals surface area contributed by atoms with Crippen molar-refractivity contribution in [2.45, 2.75) is 12.9 Å². The first-order chi connectivity index (χ1) is 19.1. The molecule has 1 saturated heterocycles. The van der Waals surface area contributed by atoms with Crippen LogP contribution in [0.4, 0.5) is 10.2 Å². The number of rotatable bonds is 8. The molecule has 4 heterocycles. The summed E-state index contributed by atoms with van der Waals surface area (Å²) in [5.74, 6) is 2.07. The lowest BCUT2D eigenvalue weighted by molar-refractivity contribution is 0.0345. The number of pyridine rings is 1. The van der Waals surface area contributed by atoms with Crippen molar-refractivity contribution in [1.29, 1.82) is 0 Å². The van der Waals surface area contributed by atoms with Gasteiger partial charge in [0.25, 0.3) is 0 Å². The molecule has 0 aliphatic carbocycles. The van der Waals surface area contributed by atoms with Crippen LogP contribution in [0.25, 0.3) is 33.7 Å². The number of anilines is 1. The van der Waals surface area contributed by atoms with Crippen LogP contribution in [0.1, 0.15) is 11.9 Å². The molecule has 3 aromatic heterocycles. The van der Waals surface area contributed by atoms with Gasteiger partial charge in [0.2, 0.25) is 6.35 Å². The van der Waals surface area contributed by atoms with Crippen molar-refractivity contribution in [2.75, 3.05) is 32.7 Å². The van der Waals surface area contributed by atoms with Gasteiger partial charge in [-0.15, -0.1) is 0 Å². The number of halogens is 1. The van der Waals surface area contributed by atoms with Crippen molar-refractivity contribution in [2.24, 2.45) is 0 Å². The summed E-state index contributed by atoms with van der Waals surface area (Å²) in [6, 6.07) is 15.8. The molecule has 2 aromatic carbocycles. The molecule has 0 spiro atoms. The SMILES string of the molecule is COc1ccc(CNc2nc3cnc(-c4cn(C5NCCO5)nc4-c4ccc(F)cc4)nc3cc2OC)cc1. The Hall–Kier alpha value is -4.61. The summed E-state index contributed by atoms with van der Waals surface area (Å²) in [7, 11) is 3.23. The number of benzene rings is 2. The third kappa shape index (κ3) is 5.09. The molecule has 1 atom stereocenters. The Kier molecular flexibility index (Phi) is 6.74. The number of hydrogen-bond acceptors (Lipinski definition) is 9. The maximum atomic E-state index is 13.6. The third-order valence-electron chi connectivity index (χ3n) is 6.40. The van der Waals surface area contributed by atoms with E-state index in [1.54, 1.807) is 37.2 Å². The number of aromatic nitrogens is 5. The molecule has 0 saturated carbocycles. The molecule has 11 heteroatoms. The van der Waals surface area contributed by atoms with Crippen LogP contribution >= 0.6 is 0 Å². The van der Waals surface area contributed by atoms with Gasteiger partial charge in [-0.25, -0.2) is 24.0 Å². The highest BCUT2D eigenvalue weighted by atomic mass is 19.1. The molecule has 0 amide bonds. The summed E-state index contributed by atoms with van der Waals surface area (Å²) in [4.78, 5) is 14.1. The topological polar surface area (TPSA) is 108 Å². The first-order valence-corrected chi connectivity index (χ1v) is 12.4. The van der Waals surface area contributed by atoms with E-state index in [1.807, 2.05) is 36.5 Å². The van der Waals surface area contributed by atoms with Crippen molar-refractivity contribution in [3.05, 3.63) is 78.4 Å². The number of fused-ring (bicyclic) bond motifs is 1. The number of nitrogens with one attached hydrogen (secondary N) is 2. The summed E-state index contributed by atoms with van der Waals surface area (Å²) >= 11 is 0. The van der Waals surface area contributed by atoms with Crippen LogP contribution in [0.2, 0.25) is 0 Å². The molecule has 1 fully saturated rings. The van der Waals surface area contributed by atoms with Crippen molar-refractivity contribution in [3.63, 3.8) is 0 Å². The van der Waals surface area contributed by atoms with E-state index in [2.05, 4.69) is 15.6 Å². The molecule has 0 bridgehead atoms.